The van der Waals surface area contributed by atoms with E-state index in [9.17, 15) is 14.4 Å². The molecule has 24 heavy (non-hydrogen) atoms. The Hall–Kier alpha value is -1.29. The second kappa shape index (κ2) is 4.27. The van der Waals surface area contributed by atoms with Crippen LogP contribution in [0.25, 0.3) is 0 Å². The van der Waals surface area contributed by atoms with Gasteiger partial charge in [0.05, 0.1) is 0 Å². The van der Waals surface area contributed by atoms with Crippen molar-refractivity contribution in [3.05, 3.63) is 11.6 Å². The number of carbonyl (C=O) groups excluding carboxylic acids is 3. The number of epoxide rings is 1. The molecule has 1 saturated heterocycles. The number of hydrogen-bond acceptors (Lipinski definition) is 4. The van der Waals surface area contributed by atoms with E-state index in [4.69, 9.17) is 4.74 Å². The Bertz CT molecular complexity index is 715. The lowest BCUT2D eigenvalue weighted by Crippen LogP contribution is -2.60. The second-order valence-electron chi connectivity index (χ2n) is 9.36. The van der Waals surface area contributed by atoms with Crippen molar-refractivity contribution in [1.29, 1.82) is 0 Å². The third-order valence-electron chi connectivity index (χ3n) is 7.45. The summed E-state index contributed by atoms with van der Waals surface area (Å²) in [5.74, 6) is -1.03. The molecule has 2 saturated carbocycles. The van der Waals surface area contributed by atoms with E-state index >= 15 is 0 Å². The molecule has 0 aromatic heterocycles. The Labute approximate surface area is 143 Å². The molecule has 0 amide bonds. The Morgan fingerprint density at radius 3 is 2.42 bits per heavy atom. The predicted molar refractivity (Wildman–Crippen MR) is 88.3 cm³/mol. The Morgan fingerprint density at radius 2 is 1.79 bits per heavy atom. The van der Waals surface area contributed by atoms with Gasteiger partial charge in [-0.3, -0.25) is 14.4 Å². The van der Waals surface area contributed by atoms with Gasteiger partial charge in [0.15, 0.2) is 17.0 Å². The molecule has 4 aliphatic rings. The molecule has 0 unspecified atom stereocenters. The van der Waals surface area contributed by atoms with E-state index < -0.39 is 22.8 Å². The highest BCUT2D eigenvalue weighted by Crippen LogP contribution is 2.71. The van der Waals surface area contributed by atoms with Gasteiger partial charge in [0, 0.05) is 6.42 Å². The van der Waals surface area contributed by atoms with Gasteiger partial charge in [-0.2, -0.15) is 0 Å². The van der Waals surface area contributed by atoms with Crippen LogP contribution < -0.4 is 0 Å². The fourth-order valence-corrected chi connectivity index (χ4v) is 6.20. The minimum atomic E-state index is -1.25. The highest BCUT2D eigenvalue weighted by atomic mass is 16.6. The van der Waals surface area contributed by atoms with Crippen molar-refractivity contribution in [2.45, 2.75) is 71.5 Å². The first-order chi connectivity index (χ1) is 11.0. The van der Waals surface area contributed by atoms with Crippen LogP contribution in [0, 0.1) is 22.7 Å². The van der Waals surface area contributed by atoms with E-state index in [1.165, 1.54) is 6.08 Å². The molecule has 1 aliphatic heterocycles. The van der Waals surface area contributed by atoms with Crippen molar-refractivity contribution >= 4 is 17.3 Å². The van der Waals surface area contributed by atoms with Gasteiger partial charge in [0.25, 0.3) is 0 Å². The molecule has 4 rings (SSSR count). The molecule has 0 radical (unpaired) electrons. The van der Waals surface area contributed by atoms with Gasteiger partial charge in [-0.15, -0.1) is 0 Å². The van der Waals surface area contributed by atoms with E-state index in [0.717, 1.165) is 24.8 Å². The third kappa shape index (κ3) is 1.48. The molecule has 130 valence electrons. The van der Waals surface area contributed by atoms with E-state index in [1.807, 2.05) is 13.8 Å². The molecule has 1 heterocycles. The number of hydrogen-bond donors (Lipinski definition) is 0. The highest BCUT2D eigenvalue weighted by molar-refractivity contribution is 6.48. The summed E-state index contributed by atoms with van der Waals surface area (Å²) in [5.41, 5.74) is -1.82. The van der Waals surface area contributed by atoms with Gasteiger partial charge in [0.2, 0.25) is 11.6 Å². The molecule has 4 atom stereocenters. The van der Waals surface area contributed by atoms with Crippen LogP contribution in [0.15, 0.2) is 11.6 Å². The number of ketones is 3. The quantitative estimate of drug-likeness (QED) is 0.547. The smallest absolute Gasteiger partial charge is 0.238 e. The fraction of sp³-hybridized carbons (Fsp3) is 0.750. The monoisotopic (exact) mass is 330 g/mol. The summed E-state index contributed by atoms with van der Waals surface area (Å²) in [6.45, 7) is 10.4. The van der Waals surface area contributed by atoms with Gasteiger partial charge in [0.1, 0.15) is 0 Å². The first-order valence-corrected chi connectivity index (χ1v) is 9.09. The minimum Gasteiger partial charge on any atom is -0.340 e. The standard InChI is InChI=1S/C20H26O4/c1-11(2)19-16(23)12(21)9-14-18(5)8-6-7-17(3,4)13(18)10-15(22)20(14,19)24-19/h9,11,13H,6-8,10H2,1-5H3/t13-,18-,19-,20-/m1/s1. The van der Waals surface area contributed by atoms with Gasteiger partial charge < -0.3 is 4.74 Å². The summed E-state index contributed by atoms with van der Waals surface area (Å²) < 4.78 is 6.01. The molecule has 3 aliphatic carbocycles. The van der Waals surface area contributed by atoms with Crippen LogP contribution in [0.3, 0.4) is 0 Å². The zero-order valence-electron chi connectivity index (χ0n) is 15.2. The van der Waals surface area contributed by atoms with E-state index in [0.29, 0.717) is 6.42 Å². The summed E-state index contributed by atoms with van der Waals surface area (Å²) in [6, 6.07) is 0. The molecule has 0 bridgehead atoms. The maximum Gasteiger partial charge on any atom is 0.238 e. The fourth-order valence-electron chi connectivity index (χ4n) is 6.20. The van der Waals surface area contributed by atoms with Crippen LogP contribution >= 0.6 is 0 Å². The maximum absolute atomic E-state index is 13.2. The van der Waals surface area contributed by atoms with Crippen LogP contribution in [-0.2, 0) is 19.1 Å². The average molecular weight is 330 g/mol. The zero-order chi connectivity index (χ0) is 17.7. The topological polar surface area (TPSA) is 63.7 Å². The Balaban J connectivity index is 1.94. The van der Waals surface area contributed by atoms with Crippen molar-refractivity contribution < 1.29 is 19.1 Å². The minimum absolute atomic E-state index is 0.000694. The van der Waals surface area contributed by atoms with Crippen molar-refractivity contribution in [2.75, 3.05) is 0 Å². The van der Waals surface area contributed by atoms with Gasteiger partial charge in [-0.05, 0) is 47.2 Å². The van der Waals surface area contributed by atoms with Crippen LogP contribution in [-0.4, -0.2) is 28.6 Å². The number of allylic oxidation sites excluding steroid dienone is 1. The summed E-state index contributed by atoms with van der Waals surface area (Å²) in [7, 11) is 0. The SMILES string of the molecule is CC(C)[C@]12O[C@]13C(=O)C[C@@H]1C(C)(C)CCC[C@@]1(C)C3=CC(=O)C2=O. The van der Waals surface area contributed by atoms with E-state index in [1.54, 1.807) is 0 Å². The van der Waals surface area contributed by atoms with Crippen molar-refractivity contribution in [1.82, 2.24) is 0 Å². The van der Waals surface area contributed by atoms with E-state index in [-0.39, 0.29) is 28.4 Å². The molecule has 0 aromatic carbocycles. The number of ether oxygens (including phenoxy) is 1. The number of fused-ring (bicyclic) bond motifs is 2. The van der Waals surface area contributed by atoms with Gasteiger partial charge in [-0.25, -0.2) is 0 Å². The van der Waals surface area contributed by atoms with Crippen LogP contribution in [0.2, 0.25) is 0 Å². The molecular formula is C20H26O4. The molecular weight excluding hydrogens is 304 g/mol. The van der Waals surface area contributed by atoms with E-state index in [2.05, 4.69) is 20.8 Å². The second-order valence-corrected chi connectivity index (χ2v) is 9.36. The van der Waals surface area contributed by atoms with Gasteiger partial charge >= 0.3 is 0 Å². The summed E-state index contributed by atoms with van der Waals surface area (Å²) in [6.07, 6.45) is 5.00. The lowest BCUT2D eigenvalue weighted by atomic mass is 9.45. The number of carbonyl (C=O) groups is 3. The molecule has 0 N–H and O–H groups in total. The molecule has 3 fully saturated rings. The Kier molecular flexibility index (Phi) is 2.88. The normalized spacial score (nSPS) is 46.2. The van der Waals surface area contributed by atoms with Crippen molar-refractivity contribution in [3.8, 4) is 0 Å². The summed E-state index contributed by atoms with van der Waals surface area (Å²) >= 11 is 0. The van der Waals surface area contributed by atoms with Crippen LogP contribution in [0.4, 0.5) is 0 Å². The highest BCUT2D eigenvalue weighted by Gasteiger charge is 2.86. The molecule has 4 nitrogen and oxygen atoms in total. The summed E-state index contributed by atoms with van der Waals surface area (Å²) in [4.78, 5) is 38.3. The zero-order valence-corrected chi connectivity index (χ0v) is 15.2. The number of rotatable bonds is 1. The first kappa shape index (κ1) is 16.2. The predicted octanol–water partition coefficient (Wildman–Crippen LogP) is 3.03. The third-order valence-corrected chi connectivity index (χ3v) is 7.45. The Morgan fingerprint density at radius 1 is 1.12 bits per heavy atom. The van der Waals surface area contributed by atoms with Crippen LogP contribution in [0.5, 0.6) is 0 Å². The number of Topliss-reactive ketones (excluding diaryl/α,β-unsaturated/α-hetero) is 2. The first-order valence-electron chi connectivity index (χ1n) is 9.09. The lowest BCUT2D eigenvalue weighted by Gasteiger charge is -2.56. The van der Waals surface area contributed by atoms with Gasteiger partial charge in [-0.1, -0.05) is 41.0 Å². The average Bonchev–Trinajstić information content (AvgIpc) is 3.18. The van der Waals surface area contributed by atoms with Crippen molar-refractivity contribution in [3.63, 3.8) is 0 Å². The largest absolute Gasteiger partial charge is 0.340 e. The molecule has 1 spiro atoms. The maximum atomic E-state index is 13.2. The lowest BCUT2D eigenvalue weighted by molar-refractivity contribution is -0.140. The molecule has 0 aromatic rings. The summed E-state index contributed by atoms with van der Waals surface area (Å²) in [5, 5.41) is 0. The molecule has 4 heteroatoms. The van der Waals surface area contributed by atoms with Crippen LogP contribution in [0.1, 0.15) is 60.3 Å². The van der Waals surface area contributed by atoms with Crippen molar-refractivity contribution in [2.24, 2.45) is 22.7 Å².